The second-order valence-electron chi connectivity index (χ2n) is 9.34. The molecule has 0 aromatic rings. The Morgan fingerprint density at radius 3 is 1.27 bits per heavy atom. The van der Waals surface area contributed by atoms with Crippen LogP contribution in [-0.2, 0) is 0 Å². The highest BCUT2D eigenvalue weighted by molar-refractivity contribution is 4.94. The maximum absolute atomic E-state index is 4.29. The lowest BCUT2D eigenvalue weighted by Crippen LogP contribution is -2.00. The highest BCUT2D eigenvalue weighted by atomic mass is 14.1. The minimum atomic E-state index is 0.948. The Morgan fingerprint density at radius 1 is 0.485 bits per heavy atom. The lowest BCUT2D eigenvalue weighted by Gasteiger charge is -2.15. The van der Waals surface area contributed by atoms with Crippen molar-refractivity contribution in [1.29, 1.82) is 0 Å². The molecule has 0 heteroatoms. The van der Waals surface area contributed by atoms with Crippen molar-refractivity contribution >= 4 is 0 Å². The number of rotatable bonds is 17. The van der Waals surface area contributed by atoms with E-state index in [1.165, 1.54) is 128 Å². The van der Waals surface area contributed by atoms with E-state index in [1.54, 1.807) is 0 Å². The molecule has 0 aromatic heterocycles. The summed E-state index contributed by atoms with van der Waals surface area (Å²) >= 11 is 0. The van der Waals surface area contributed by atoms with Gasteiger partial charge >= 0.3 is 0 Å². The first-order valence-electron chi connectivity index (χ1n) is 15.6. The van der Waals surface area contributed by atoms with E-state index in [0.717, 1.165) is 5.92 Å². The maximum Gasteiger partial charge on any atom is -0.0320 e. The van der Waals surface area contributed by atoms with Gasteiger partial charge in [-0.2, -0.15) is 0 Å². The van der Waals surface area contributed by atoms with Gasteiger partial charge in [-0.3, -0.25) is 0 Å². The van der Waals surface area contributed by atoms with Gasteiger partial charge in [-0.25, -0.2) is 0 Å². The first-order chi connectivity index (χ1) is 16.0. The molecule has 33 heavy (non-hydrogen) atoms. The van der Waals surface area contributed by atoms with Crippen molar-refractivity contribution in [3.05, 3.63) is 12.2 Å². The molecule has 0 amide bonds. The Morgan fingerprint density at radius 2 is 0.879 bits per heavy atom. The normalized spacial score (nSPS) is 10.2. The van der Waals surface area contributed by atoms with Gasteiger partial charge in [0.25, 0.3) is 0 Å². The number of allylic oxidation sites excluding steroid dienone is 1. The largest absolute Gasteiger partial charge is 0.0999 e. The highest BCUT2D eigenvalue weighted by Gasteiger charge is 2.07. The number of hydrogen-bond donors (Lipinski definition) is 0. The van der Waals surface area contributed by atoms with Gasteiger partial charge in [0.15, 0.2) is 0 Å². The molecule has 0 rings (SSSR count). The van der Waals surface area contributed by atoms with E-state index < -0.39 is 0 Å². The highest BCUT2D eigenvalue weighted by Crippen LogP contribution is 2.23. The summed E-state index contributed by atoms with van der Waals surface area (Å²) < 4.78 is 0. The molecule has 0 saturated carbocycles. The predicted octanol–water partition coefficient (Wildman–Crippen LogP) is 13.7. The second-order valence-corrected chi connectivity index (χ2v) is 9.34. The van der Waals surface area contributed by atoms with Gasteiger partial charge in [-0.15, -0.1) is 0 Å². The van der Waals surface area contributed by atoms with E-state index in [-0.39, 0.29) is 0 Å². The van der Waals surface area contributed by atoms with Crippen LogP contribution in [0.1, 0.15) is 198 Å². The third-order valence-corrected chi connectivity index (χ3v) is 5.33. The molecule has 0 aliphatic heterocycles. The first-order valence-corrected chi connectivity index (χ1v) is 15.6. The zero-order chi connectivity index (χ0) is 26.6. The Balaban J connectivity index is -0.000000181. The number of unbranched alkanes of at least 4 members (excludes halogenated alkanes) is 9. The van der Waals surface area contributed by atoms with Crippen LogP contribution in [0.2, 0.25) is 0 Å². The Bertz CT molecular complexity index is 261. The Labute approximate surface area is 216 Å². The standard InChI is InChI=1S/C21H42.C4H10.2C3H8.C2H6/c1-5-8-10-12-13-15-17-21(7-3)19-18-20(4)16-14-11-9-6-2;1-3-4-2;2*1-3-2;1-2/h21H,4-19H2,1-3H3;3-4H2,1-2H3;2*3H2,1-2H3;1-2H3. The van der Waals surface area contributed by atoms with Crippen LogP contribution in [0.15, 0.2) is 12.2 Å². The molecule has 1 atom stereocenters. The van der Waals surface area contributed by atoms with E-state index in [0.29, 0.717) is 0 Å². The molecule has 0 radical (unpaired) electrons. The summed E-state index contributed by atoms with van der Waals surface area (Å²) in [6, 6.07) is 0. The maximum atomic E-state index is 4.29. The van der Waals surface area contributed by atoms with Crippen molar-refractivity contribution in [1.82, 2.24) is 0 Å². The molecule has 0 saturated heterocycles. The predicted molar refractivity (Wildman–Crippen MR) is 163 cm³/mol. The van der Waals surface area contributed by atoms with Crippen LogP contribution in [0, 0.1) is 5.92 Å². The molecule has 0 aromatic carbocycles. The molecule has 206 valence electrons. The van der Waals surface area contributed by atoms with E-state index in [2.05, 4.69) is 68.9 Å². The van der Waals surface area contributed by atoms with Crippen molar-refractivity contribution < 1.29 is 0 Å². The molecule has 0 heterocycles. The topological polar surface area (TPSA) is 0 Å². The van der Waals surface area contributed by atoms with Crippen molar-refractivity contribution in [2.75, 3.05) is 0 Å². The molecule has 0 bridgehead atoms. The van der Waals surface area contributed by atoms with Crippen molar-refractivity contribution in [3.8, 4) is 0 Å². The second kappa shape index (κ2) is 49.0. The minimum absolute atomic E-state index is 0.948. The SMILES string of the molecule is C=C(CCCCCC)CCC(CC)CCCCCCCC.CC.CCC.CCC.CCCC. The van der Waals surface area contributed by atoms with Gasteiger partial charge in [-0.05, 0) is 31.6 Å². The van der Waals surface area contributed by atoms with Crippen LogP contribution >= 0.6 is 0 Å². The van der Waals surface area contributed by atoms with Crippen LogP contribution in [0.4, 0.5) is 0 Å². The van der Waals surface area contributed by atoms with Crippen LogP contribution in [0.3, 0.4) is 0 Å². The van der Waals surface area contributed by atoms with Crippen LogP contribution < -0.4 is 0 Å². The van der Waals surface area contributed by atoms with Gasteiger partial charge in [0, 0.05) is 0 Å². The Hall–Kier alpha value is -0.260. The van der Waals surface area contributed by atoms with E-state index >= 15 is 0 Å². The monoisotopic (exact) mass is 471 g/mol. The van der Waals surface area contributed by atoms with Crippen molar-refractivity contribution in [3.63, 3.8) is 0 Å². The fourth-order valence-electron chi connectivity index (χ4n) is 3.10. The van der Waals surface area contributed by atoms with Gasteiger partial charge in [0.2, 0.25) is 0 Å². The average Bonchev–Trinajstić information content (AvgIpc) is 2.83. The molecule has 0 aliphatic rings. The molecule has 0 spiro atoms. The lowest BCUT2D eigenvalue weighted by atomic mass is 9.91. The third-order valence-electron chi connectivity index (χ3n) is 5.33. The zero-order valence-corrected chi connectivity index (χ0v) is 26.2. The summed E-state index contributed by atoms with van der Waals surface area (Å²) in [6.07, 6.45) is 26.0. The molecular weight excluding hydrogens is 396 g/mol. The van der Waals surface area contributed by atoms with Gasteiger partial charge in [-0.1, -0.05) is 185 Å². The van der Waals surface area contributed by atoms with Crippen molar-refractivity contribution in [2.24, 2.45) is 5.92 Å². The van der Waals surface area contributed by atoms with E-state index in [1.807, 2.05) is 13.8 Å². The number of hydrogen-bond acceptors (Lipinski definition) is 0. The summed E-state index contributed by atoms with van der Waals surface area (Å²) in [5.41, 5.74) is 1.51. The summed E-state index contributed by atoms with van der Waals surface area (Å²) in [7, 11) is 0. The molecule has 1 unspecified atom stereocenters. The van der Waals surface area contributed by atoms with Gasteiger partial charge < -0.3 is 0 Å². The molecule has 0 fully saturated rings. The smallest absolute Gasteiger partial charge is 0.0320 e. The fourth-order valence-corrected chi connectivity index (χ4v) is 3.10. The molecule has 0 nitrogen and oxygen atoms in total. The summed E-state index contributed by atoms with van der Waals surface area (Å²) in [5, 5.41) is 0. The summed E-state index contributed by atoms with van der Waals surface area (Å²) in [4.78, 5) is 0. The summed E-state index contributed by atoms with van der Waals surface area (Å²) in [5.74, 6) is 0.948. The molecular formula is C33H74. The minimum Gasteiger partial charge on any atom is -0.0999 e. The van der Waals surface area contributed by atoms with E-state index in [4.69, 9.17) is 0 Å². The Kier molecular flexibility index (Phi) is 63.6. The third kappa shape index (κ3) is 59.4. The fraction of sp³-hybridized carbons (Fsp3) is 0.939. The van der Waals surface area contributed by atoms with Gasteiger partial charge in [0.05, 0.1) is 0 Å². The van der Waals surface area contributed by atoms with Gasteiger partial charge in [0.1, 0.15) is 0 Å². The summed E-state index contributed by atoms with van der Waals surface area (Å²) in [6.45, 7) is 28.1. The zero-order valence-electron chi connectivity index (χ0n) is 26.2. The van der Waals surface area contributed by atoms with Crippen LogP contribution in [0.25, 0.3) is 0 Å². The van der Waals surface area contributed by atoms with E-state index in [9.17, 15) is 0 Å². The average molecular weight is 471 g/mol. The van der Waals surface area contributed by atoms with Crippen LogP contribution in [0.5, 0.6) is 0 Å². The molecule has 0 N–H and O–H groups in total. The quantitative estimate of drug-likeness (QED) is 0.146. The lowest BCUT2D eigenvalue weighted by molar-refractivity contribution is 0.409. The van der Waals surface area contributed by atoms with Crippen molar-refractivity contribution in [2.45, 2.75) is 198 Å². The molecule has 0 aliphatic carbocycles. The van der Waals surface area contributed by atoms with Crippen LogP contribution in [-0.4, -0.2) is 0 Å². The first kappa shape index (κ1) is 42.9.